The van der Waals surface area contributed by atoms with E-state index in [1.165, 1.54) is 16.4 Å². The largest absolute Gasteiger partial charge is 0.481 e. The Morgan fingerprint density at radius 3 is 2.75 bits per heavy atom. The molecule has 0 saturated carbocycles. The SMILES string of the molecule is CC1(C(=O)O)CCCN(S(=O)(=O)c2cccc(Br)c2)C1. The minimum absolute atomic E-state index is 0.0111. The molecule has 1 fully saturated rings. The molecular formula is C13H16BrNO4S. The van der Waals surface area contributed by atoms with Gasteiger partial charge < -0.3 is 5.11 Å². The molecule has 0 spiro atoms. The Kier molecular flexibility index (Phi) is 4.22. The highest BCUT2D eigenvalue weighted by Gasteiger charge is 2.41. The minimum Gasteiger partial charge on any atom is -0.481 e. The topological polar surface area (TPSA) is 74.7 Å². The van der Waals surface area contributed by atoms with Crippen LogP contribution in [0.2, 0.25) is 0 Å². The van der Waals surface area contributed by atoms with Crippen molar-refractivity contribution in [2.45, 2.75) is 24.7 Å². The lowest BCUT2D eigenvalue weighted by atomic mass is 9.83. The maximum atomic E-state index is 12.6. The van der Waals surface area contributed by atoms with Gasteiger partial charge in [0.15, 0.2) is 0 Å². The number of carbonyl (C=O) groups is 1. The van der Waals surface area contributed by atoms with E-state index in [2.05, 4.69) is 15.9 Å². The van der Waals surface area contributed by atoms with Crippen LogP contribution in [-0.4, -0.2) is 36.9 Å². The first kappa shape index (κ1) is 15.5. The molecule has 1 aliphatic rings. The predicted molar refractivity (Wildman–Crippen MR) is 77.9 cm³/mol. The first-order chi connectivity index (χ1) is 9.25. The van der Waals surface area contributed by atoms with Gasteiger partial charge in [0, 0.05) is 17.6 Å². The highest BCUT2D eigenvalue weighted by molar-refractivity contribution is 9.10. The van der Waals surface area contributed by atoms with Crippen LogP contribution in [0.15, 0.2) is 33.6 Å². The lowest BCUT2D eigenvalue weighted by molar-refractivity contribution is -0.150. The summed E-state index contributed by atoms with van der Waals surface area (Å²) in [6, 6.07) is 6.45. The highest BCUT2D eigenvalue weighted by atomic mass is 79.9. The number of carboxylic acid groups (broad SMARTS) is 1. The van der Waals surface area contributed by atoms with Crippen LogP contribution in [0.3, 0.4) is 0 Å². The maximum Gasteiger partial charge on any atom is 0.310 e. The van der Waals surface area contributed by atoms with Crippen LogP contribution in [0, 0.1) is 5.41 Å². The molecule has 1 saturated heterocycles. The molecule has 1 atom stereocenters. The van der Waals surface area contributed by atoms with Gasteiger partial charge in [-0.25, -0.2) is 8.42 Å². The van der Waals surface area contributed by atoms with E-state index in [4.69, 9.17) is 0 Å². The van der Waals surface area contributed by atoms with Crippen LogP contribution in [-0.2, 0) is 14.8 Å². The van der Waals surface area contributed by atoms with Crippen LogP contribution >= 0.6 is 15.9 Å². The summed E-state index contributed by atoms with van der Waals surface area (Å²) in [5.41, 5.74) is -1.02. The van der Waals surface area contributed by atoms with Crippen LogP contribution in [0.25, 0.3) is 0 Å². The van der Waals surface area contributed by atoms with Crippen LogP contribution in [0.1, 0.15) is 19.8 Å². The second kappa shape index (κ2) is 5.46. The monoisotopic (exact) mass is 361 g/mol. The molecule has 1 aliphatic heterocycles. The zero-order valence-electron chi connectivity index (χ0n) is 11.0. The molecule has 0 aliphatic carbocycles. The summed E-state index contributed by atoms with van der Waals surface area (Å²) in [7, 11) is -3.65. The van der Waals surface area contributed by atoms with Gasteiger partial charge in [-0.2, -0.15) is 4.31 Å². The van der Waals surface area contributed by atoms with Gasteiger partial charge in [-0.15, -0.1) is 0 Å². The van der Waals surface area contributed by atoms with Crippen molar-refractivity contribution in [1.82, 2.24) is 4.31 Å². The van der Waals surface area contributed by atoms with Gasteiger partial charge in [-0.3, -0.25) is 4.79 Å². The van der Waals surface area contributed by atoms with Crippen molar-refractivity contribution in [2.24, 2.45) is 5.41 Å². The van der Waals surface area contributed by atoms with Crippen molar-refractivity contribution >= 4 is 31.9 Å². The first-order valence-electron chi connectivity index (χ1n) is 6.25. The molecule has 7 heteroatoms. The molecule has 1 aromatic rings. The quantitative estimate of drug-likeness (QED) is 0.896. The van der Waals surface area contributed by atoms with E-state index in [-0.39, 0.29) is 11.4 Å². The summed E-state index contributed by atoms with van der Waals surface area (Å²) >= 11 is 3.25. The third-order valence-corrected chi connectivity index (χ3v) is 5.95. The number of piperidine rings is 1. The number of carboxylic acids is 1. The molecule has 1 heterocycles. The minimum atomic E-state index is -3.65. The fourth-order valence-electron chi connectivity index (χ4n) is 2.35. The number of nitrogens with zero attached hydrogens (tertiary/aromatic N) is 1. The third kappa shape index (κ3) is 2.89. The van der Waals surface area contributed by atoms with Gasteiger partial charge in [0.05, 0.1) is 10.3 Å². The molecule has 20 heavy (non-hydrogen) atoms. The molecule has 1 aromatic carbocycles. The molecule has 0 bridgehead atoms. The number of rotatable bonds is 3. The molecule has 2 rings (SSSR count). The molecule has 1 N–H and O–H groups in total. The van der Waals surface area contributed by atoms with Crippen LogP contribution < -0.4 is 0 Å². The fraction of sp³-hybridized carbons (Fsp3) is 0.462. The van der Waals surface area contributed by atoms with Crippen molar-refractivity contribution in [3.63, 3.8) is 0 Å². The Balaban J connectivity index is 2.33. The number of hydrogen-bond donors (Lipinski definition) is 1. The summed E-state index contributed by atoms with van der Waals surface area (Å²) < 4.78 is 27.1. The number of aliphatic carboxylic acids is 1. The van der Waals surface area contributed by atoms with E-state index in [9.17, 15) is 18.3 Å². The lowest BCUT2D eigenvalue weighted by Crippen LogP contribution is -2.48. The van der Waals surface area contributed by atoms with E-state index < -0.39 is 21.4 Å². The van der Waals surface area contributed by atoms with Gasteiger partial charge in [-0.05, 0) is 38.0 Å². The zero-order chi connectivity index (χ0) is 15.0. The molecule has 0 aromatic heterocycles. The highest BCUT2D eigenvalue weighted by Crippen LogP contribution is 2.33. The summed E-state index contributed by atoms with van der Waals surface area (Å²) in [6.07, 6.45) is 1.04. The normalized spacial score (nSPS) is 24.5. The predicted octanol–water partition coefficient (Wildman–Crippen LogP) is 2.32. The first-order valence-corrected chi connectivity index (χ1v) is 8.48. The second-order valence-corrected chi connectivity index (χ2v) is 8.12. The van der Waals surface area contributed by atoms with E-state index in [1.807, 2.05) is 0 Å². The van der Waals surface area contributed by atoms with E-state index in [0.29, 0.717) is 23.9 Å². The number of sulfonamides is 1. The van der Waals surface area contributed by atoms with Crippen molar-refractivity contribution in [3.8, 4) is 0 Å². The summed E-state index contributed by atoms with van der Waals surface area (Å²) in [6.45, 7) is 1.97. The standard InChI is InChI=1S/C13H16BrNO4S/c1-13(12(16)17)6-3-7-15(9-13)20(18,19)11-5-2-4-10(14)8-11/h2,4-5,8H,3,6-7,9H2,1H3,(H,16,17). The average Bonchev–Trinajstić information content (AvgIpc) is 2.38. The van der Waals surface area contributed by atoms with Crippen molar-refractivity contribution in [1.29, 1.82) is 0 Å². The summed E-state index contributed by atoms with van der Waals surface area (Å²) in [5.74, 6) is -0.952. The van der Waals surface area contributed by atoms with Gasteiger partial charge in [0.1, 0.15) is 0 Å². The molecule has 5 nitrogen and oxygen atoms in total. The zero-order valence-corrected chi connectivity index (χ0v) is 13.4. The van der Waals surface area contributed by atoms with Crippen LogP contribution in [0.4, 0.5) is 0 Å². The Morgan fingerprint density at radius 1 is 1.45 bits per heavy atom. The fourth-order valence-corrected chi connectivity index (χ4v) is 4.55. The third-order valence-electron chi connectivity index (χ3n) is 3.61. The Bertz CT molecular complexity index is 631. The Morgan fingerprint density at radius 2 is 2.15 bits per heavy atom. The van der Waals surface area contributed by atoms with Crippen molar-refractivity contribution < 1.29 is 18.3 Å². The van der Waals surface area contributed by atoms with Crippen LogP contribution in [0.5, 0.6) is 0 Å². The van der Waals surface area contributed by atoms with Gasteiger partial charge in [-0.1, -0.05) is 22.0 Å². The van der Waals surface area contributed by atoms with Gasteiger partial charge in [0.25, 0.3) is 0 Å². The van der Waals surface area contributed by atoms with E-state index in [1.54, 1.807) is 19.1 Å². The average molecular weight is 362 g/mol. The molecule has 110 valence electrons. The van der Waals surface area contributed by atoms with Crippen molar-refractivity contribution in [3.05, 3.63) is 28.7 Å². The molecular weight excluding hydrogens is 346 g/mol. The van der Waals surface area contributed by atoms with E-state index in [0.717, 1.165) is 0 Å². The van der Waals surface area contributed by atoms with E-state index >= 15 is 0 Å². The smallest absolute Gasteiger partial charge is 0.310 e. The number of halogens is 1. The molecule has 1 unspecified atom stereocenters. The second-order valence-electron chi connectivity index (χ2n) is 5.27. The summed E-state index contributed by atoms with van der Waals surface area (Å²) in [5, 5.41) is 9.27. The Hall–Kier alpha value is -0.920. The maximum absolute atomic E-state index is 12.6. The molecule has 0 radical (unpaired) electrons. The Labute approximate surface area is 126 Å². The van der Waals surface area contributed by atoms with Gasteiger partial charge >= 0.3 is 5.97 Å². The number of benzene rings is 1. The molecule has 0 amide bonds. The van der Waals surface area contributed by atoms with Gasteiger partial charge in [0.2, 0.25) is 10.0 Å². The lowest BCUT2D eigenvalue weighted by Gasteiger charge is -2.36. The van der Waals surface area contributed by atoms with Crippen molar-refractivity contribution in [2.75, 3.05) is 13.1 Å². The number of hydrogen-bond acceptors (Lipinski definition) is 3. The summed E-state index contributed by atoms with van der Waals surface area (Å²) in [4.78, 5) is 11.5.